The summed E-state index contributed by atoms with van der Waals surface area (Å²) in [7, 11) is 1.25. The minimum Gasteiger partial charge on any atom is -0.508 e. The Labute approximate surface area is 333 Å². The van der Waals surface area contributed by atoms with Gasteiger partial charge < -0.3 is 5.11 Å². The Morgan fingerprint density at radius 1 is 0.842 bits per heavy atom. The topological polar surface area (TPSA) is 111 Å². The van der Waals surface area contributed by atoms with Crippen LogP contribution in [-0.4, -0.2) is 45.8 Å². The second-order valence-electron chi connectivity index (χ2n) is 14.8. The number of anilines is 2. The van der Waals surface area contributed by atoms with Crippen molar-refractivity contribution in [3.05, 3.63) is 142 Å². The van der Waals surface area contributed by atoms with Gasteiger partial charge in [-0.25, -0.2) is 9.88 Å². The maximum Gasteiger partial charge on any atom is 0.433 e. The Morgan fingerprint density at radius 2 is 1.58 bits per heavy atom. The van der Waals surface area contributed by atoms with Crippen molar-refractivity contribution in [2.24, 2.45) is 23.7 Å². The quantitative estimate of drug-likeness (QED) is 0.140. The van der Waals surface area contributed by atoms with Gasteiger partial charge in [0, 0.05) is 23.6 Å². The highest BCUT2D eigenvalue weighted by molar-refractivity contribution is 6.33. The van der Waals surface area contributed by atoms with Gasteiger partial charge in [-0.3, -0.25) is 24.2 Å². The number of nitrogens with zero attached hydrogens (tertiary/aromatic N) is 4. The zero-order valence-electron chi connectivity index (χ0n) is 30.0. The van der Waals surface area contributed by atoms with Crippen LogP contribution in [0.25, 0.3) is 10.8 Å². The molecule has 5 aromatic rings. The predicted molar refractivity (Wildman–Crippen MR) is 206 cm³/mol. The Kier molecular flexibility index (Phi) is 8.53. The summed E-state index contributed by atoms with van der Waals surface area (Å²) in [5.74, 6) is -8.01. The van der Waals surface area contributed by atoms with Crippen LogP contribution in [0.3, 0.4) is 0 Å². The van der Waals surface area contributed by atoms with Gasteiger partial charge in [0.05, 0.1) is 33.9 Å². The number of carbonyl (C=O) groups excluding carboxylic acids is 4. The lowest BCUT2D eigenvalue weighted by Gasteiger charge is -2.51. The molecule has 3 heterocycles. The van der Waals surface area contributed by atoms with E-state index in [2.05, 4.69) is 4.98 Å². The van der Waals surface area contributed by atoms with E-state index in [0.29, 0.717) is 33.2 Å². The molecular weight excluding hydrogens is 780 g/mol. The number of hydrogen-bond donors (Lipinski definition) is 1. The summed E-state index contributed by atoms with van der Waals surface area (Å²) in [4.78, 5) is 64.5. The van der Waals surface area contributed by atoms with Gasteiger partial charge in [-0.05, 0) is 71.5 Å². The molecule has 288 valence electrons. The van der Waals surface area contributed by atoms with Crippen molar-refractivity contribution in [2.45, 2.75) is 30.4 Å². The minimum atomic E-state index is -4.83. The second-order valence-corrected chi connectivity index (χ2v) is 15.7. The number of hydrazine groups is 1. The third-order valence-corrected chi connectivity index (χ3v) is 12.6. The van der Waals surface area contributed by atoms with Gasteiger partial charge >= 0.3 is 6.18 Å². The molecule has 4 aliphatic rings. The van der Waals surface area contributed by atoms with Crippen LogP contribution in [0.2, 0.25) is 10.0 Å². The molecule has 0 unspecified atom stereocenters. The summed E-state index contributed by atoms with van der Waals surface area (Å²) in [6.07, 6.45) is -2.99. The number of imide groups is 2. The largest absolute Gasteiger partial charge is 0.508 e. The van der Waals surface area contributed by atoms with Crippen molar-refractivity contribution in [1.82, 2.24) is 9.99 Å². The Hall–Kier alpha value is -5.72. The molecule has 0 radical (unpaired) electrons. The van der Waals surface area contributed by atoms with E-state index in [-0.39, 0.29) is 29.3 Å². The first-order valence-electron chi connectivity index (χ1n) is 18.2. The monoisotopic (exact) mass is 810 g/mol. The molecule has 2 aliphatic heterocycles. The van der Waals surface area contributed by atoms with E-state index in [1.165, 1.54) is 13.1 Å². The average molecular weight is 812 g/mol. The number of benzene rings is 4. The van der Waals surface area contributed by atoms with Crippen LogP contribution < -0.4 is 9.91 Å². The summed E-state index contributed by atoms with van der Waals surface area (Å²) in [6, 6.07) is 27.7. The van der Waals surface area contributed by atoms with Crippen molar-refractivity contribution >= 4 is 69.1 Å². The lowest BCUT2D eigenvalue weighted by Crippen LogP contribution is -2.53. The number of pyridine rings is 1. The molecule has 57 heavy (non-hydrogen) atoms. The molecule has 2 saturated heterocycles. The van der Waals surface area contributed by atoms with Gasteiger partial charge in [0.25, 0.3) is 11.8 Å². The van der Waals surface area contributed by atoms with Crippen molar-refractivity contribution in [2.75, 3.05) is 17.0 Å². The lowest BCUT2D eigenvalue weighted by atomic mass is 9.48. The van der Waals surface area contributed by atoms with Crippen molar-refractivity contribution < 1.29 is 37.5 Å². The highest BCUT2D eigenvalue weighted by Gasteiger charge is 2.71. The van der Waals surface area contributed by atoms with E-state index in [4.69, 9.17) is 23.2 Å². The maximum atomic E-state index is 15.6. The fourth-order valence-corrected chi connectivity index (χ4v) is 10.2. The predicted octanol–water partition coefficient (Wildman–Crippen LogP) is 8.48. The molecule has 6 atom stereocenters. The smallest absolute Gasteiger partial charge is 0.433 e. The Morgan fingerprint density at radius 3 is 2.32 bits per heavy atom. The number of hydrogen-bond acceptors (Lipinski definition) is 7. The molecule has 1 aromatic heterocycles. The highest BCUT2D eigenvalue weighted by atomic mass is 35.5. The molecule has 2 aliphatic carbocycles. The van der Waals surface area contributed by atoms with Crippen LogP contribution in [0.4, 0.5) is 24.7 Å². The zero-order chi connectivity index (χ0) is 40.1. The summed E-state index contributed by atoms with van der Waals surface area (Å²) >= 11 is 12.7. The van der Waals surface area contributed by atoms with Crippen molar-refractivity contribution in [1.29, 1.82) is 0 Å². The first kappa shape index (κ1) is 36.9. The van der Waals surface area contributed by atoms with E-state index in [0.717, 1.165) is 26.4 Å². The number of allylic oxidation sites excluding steroid dienone is 2. The third kappa shape index (κ3) is 5.33. The minimum absolute atomic E-state index is 0.0346. The van der Waals surface area contributed by atoms with Gasteiger partial charge in [-0.1, -0.05) is 102 Å². The van der Waals surface area contributed by atoms with E-state index in [1.54, 1.807) is 60.7 Å². The summed E-state index contributed by atoms with van der Waals surface area (Å²) in [6.45, 7) is 0. The first-order valence-corrected chi connectivity index (χ1v) is 19.0. The van der Waals surface area contributed by atoms with Crippen LogP contribution in [0.15, 0.2) is 115 Å². The van der Waals surface area contributed by atoms with Gasteiger partial charge in [0.2, 0.25) is 11.8 Å². The van der Waals surface area contributed by atoms with E-state index in [1.807, 2.05) is 30.3 Å². The molecule has 14 heteroatoms. The number of fused-ring (bicyclic) bond motifs is 5. The second kappa shape index (κ2) is 13.2. The fourth-order valence-electron chi connectivity index (χ4n) is 9.84. The number of halogens is 5. The number of carbonyl (C=O) groups is 4. The Bertz CT molecular complexity index is 2590. The average Bonchev–Trinajstić information content (AvgIpc) is 3.58. The number of phenolic OH excluding ortho intramolecular Hbond substituents is 1. The van der Waals surface area contributed by atoms with Gasteiger partial charge in [-0.2, -0.15) is 18.2 Å². The highest BCUT2D eigenvalue weighted by Crippen LogP contribution is 2.66. The molecule has 4 aromatic carbocycles. The number of alkyl halides is 3. The zero-order valence-corrected chi connectivity index (χ0v) is 31.5. The number of phenols is 1. The summed E-state index contributed by atoms with van der Waals surface area (Å²) in [5.41, 5.74) is -1.14. The van der Waals surface area contributed by atoms with Crippen LogP contribution in [-0.2, 0) is 30.8 Å². The molecule has 1 N–H and O–H groups in total. The third-order valence-electron chi connectivity index (χ3n) is 12.1. The molecule has 1 saturated carbocycles. The first-order chi connectivity index (χ1) is 27.2. The van der Waals surface area contributed by atoms with Gasteiger partial charge in [0.15, 0.2) is 5.82 Å². The maximum absolute atomic E-state index is 15.6. The van der Waals surface area contributed by atoms with Crippen LogP contribution >= 0.6 is 23.2 Å². The molecule has 0 bridgehead atoms. The van der Waals surface area contributed by atoms with Gasteiger partial charge in [0.1, 0.15) is 11.4 Å². The fraction of sp³-hybridized carbons (Fsp3) is 0.233. The van der Waals surface area contributed by atoms with E-state index < -0.39 is 76.3 Å². The number of amides is 4. The lowest BCUT2D eigenvalue weighted by molar-refractivity contribution is -0.141. The van der Waals surface area contributed by atoms with Crippen LogP contribution in [0.5, 0.6) is 5.75 Å². The molecule has 4 amide bonds. The standard InChI is InChI=1S/C43H31Cl2F3N4O5/c1-50(37-31(45)17-19-33(49-37)43(46,47)48)52-38(54)28-16-15-27-29(34(28)40(52)56)21-30-39(55)51(25-12-7-11-24(44)20-25)41(57)42(30,23-9-3-2-4-10-23)36(27)35-26-13-6-5-8-22(26)14-18-32(35)53/h2-15,17-20,28-30,34,36,53H,16,21H2,1H3/t28-,29+,30-,34-,36+,42+/m0/s1. The Balaban J connectivity index is 1.26. The number of aromatic hydroxyl groups is 1. The molecule has 9 rings (SSSR count). The van der Waals surface area contributed by atoms with Crippen LogP contribution in [0, 0.1) is 23.7 Å². The number of aromatic nitrogens is 1. The SMILES string of the molecule is CN(c1nc(C(F)(F)F)ccc1Cl)N1C(=O)[C@H]2[C@H](CC=C3[C@H]2C[C@H]2C(=O)N(c4cccc(Cl)c4)C(=O)[C@@]2(c2ccccc2)[C@H]3c2c(O)ccc3ccccc23)C1=O. The van der Waals surface area contributed by atoms with Crippen LogP contribution in [0.1, 0.15) is 35.6 Å². The van der Waals surface area contributed by atoms with Crippen molar-refractivity contribution in [3.63, 3.8) is 0 Å². The van der Waals surface area contributed by atoms with Crippen molar-refractivity contribution in [3.8, 4) is 5.75 Å². The summed E-state index contributed by atoms with van der Waals surface area (Å²) in [5, 5.41) is 15.1. The number of rotatable bonds is 5. The van der Waals surface area contributed by atoms with Gasteiger partial charge in [-0.15, -0.1) is 0 Å². The normalized spacial score (nSPS) is 25.7. The molecule has 0 spiro atoms. The van der Waals surface area contributed by atoms with E-state index in [9.17, 15) is 27.9 Å². The molecule has 9 nitrogen and oxygen atoms in total. The van der Waals surface area contributed by atoms with E-state index >= 15 is 9.59 Å². The molecular formula is C43H31Cl2F3N4O5. The summed E-state index contributed by atoms with van der Waals surface area (Å²) < 4.78 is 41.2. The molecule has 3 fully saturated rings.